The molecule has 2 unspecified atom stereocenters. The lowest BCUT2D eigenvalue weighted by atomic mass is 10.1. The van der Waals surface area contributed by atoms with E-state index in [2.05, 4.69) is 21.7 Å². The highest BCUT2D eigenvalue weighted by Crippen LogP contribution is 2.31. The molecule has 2 fully saturated rings. The van der Waals surface area contributed by atoms with Gasteiger partial charge in [-0.3, -0.25) is 4.79 Å². The molecule has 3 heterocycles. The zero-order chi connectivity index (χ0) is 18.3. The molecule has 4 rings (SSSR count). The standard InChI is InChI=1S/C21H27N3O2.ClH/c1-14-12-20(15(2)23(14)16-6-8-19(26-3)9-7-16)21(25)24-17-4-5-18(24)13-22-11-10-17;/h6-9,12,17-18,22H,4-5,10-11,13H2,1-3H3;1H. The number of methoxy groups -OCH3 is 1. The minimum absolute atomic E-state index is 0. The van der Waals surface area contributed by atoms with Crippen LogP contribution in [0.3, 0.4) is 0 Å². The van der Waals surface area contributed by atoms with E-state index in [9.17, 15) is 4.79 Å². The first kappa shape index (κ1) is 19.8. The topological polar surface area (TPSA) is 46.5 Å². The van der Waals surface area contributed by atoms with E-state index in [0.29, 0.717) is 12.1 Å². The van der Waals surface area contributed by atoms with Gasteiger partial charge in [0.05, 0.1) is 12.7 Å². The lowest BCUT2D eigenvalue weighted by molar-refractivity contribution is 0.0679. The number of nitrogens with one attached hydrogen (secondary N) is 1. The molecule has 1 N–H and O–H groups in total. The fraction of sp³-hybridized carbons (Fsp3) is 0.476. The molecule has 2 aromatic rings. The van der Waals surface area contributed by atoms with Crippen LogP contribution < -0.4 is 10.1 Å². The highest BCUT2D eigenvalue weighted by atomic mass is 35.5. The van der Waals surface area contributed by atoms with Gasteiger partial charge in [-0.05, 0) is 70.0 Å². The second-order valence-corrected chi connectivity index (χ2v) is 7.41. The van der Waals surface area contributed by atoms with E-state index < -0.39 is 0 Å². The third-order valence-electron chi connectivity index (χ3n) is 5.88. The number of rotatable bonds is 3. The van der Waals surface area contributed by atoms with Gasteiger partial charge >= 0.3 is 0 Å². The van der Waals surface area contributed by atoms with Gasteiger partial charge in [0.1, 0.15) is 5.75 Å². The lowest BCUT2D eigenvalue weighted by Crippen LogP contribution is -2.42. The fourth-order valence-electron chi connectivity index (χ4n) is 4.56. The Bertz CT molecular complexity index is 802. The molecule has 1 amide bonds. The summed E-state index contributed by atoms with van der Waals surface area (Å²) in [7, 11) is 1.67. The van der Waals surface area contributed by atoms with Gasteiger partial charge < -0.3 is 19.5 Å². The summed E-state index contributed by atoms with van der Waals surface area (Å²) in [6, 6.07) is 10.7. The third kappa shape index (κ3) is 3.46. The molecule has 146 valence electrons. The largest absolute Gasteiger partial charge is 0.497 e. The van der Waals surface area contributed by atoms with Crippen molar-refractivity contribution in [1.82, 2.24) is 14.8 Å². The molecule has 2 bridgehead atoms. The van der Waals surface area contributed by atoms with Crippen molar-refractivity contribution in [2.45, 2.75) is 45.2 Å². The molecule has 27 heavy (non-hydrogen) atoms. The van der Waals surface area contributed by atoms with Crippen molar-refractivity contribution in [3.05, 3.63) is 47.3 Å². The van der Waals surface area contributed by atoms with E-state index >= 15 is 0 Å². The number of hydrogen-bond donors (Lipinski definition) is 1. The molecular weight excluding hydrogens is 362 g/mol. The predicted octanol–water partition coefficient (Wildman–Crippen LogP) is 3.49. The van der Waals surface area contributed by atoms with E-state index in [1.165, 1.54) is 0 Å². The average Bonchev–Trinajstić information content (AvgIpc) is 3.08. The zero-order valence-electron chi connectivity index (χ0n) is 16.2. The van der Waals surface area contributed by atoms with Crippen molar-refractivity contribution in [2.24, 2.45) is 0 Å². The summed E-state index contributed by atoms with van der Waals surface area (Å²) in [6.45, 7) is 6.03. The first-order chi connectivity index (χ1) is 12.6. The molecular formula is C21H28ClN3O2. The number of aryl methyl sites for hydroxylation is 1. The highest BCUT2D eigenvalue weighted by Gasteiger charge is 2.39. The van der Waals surface area contributed by atoms with Crippen LogP contribution in [-0.4, -0.2) is 47.7 Å². The van der Waals surface area contributed by atoms with Crippen LogP contribution in [0, 0.1) is 13.8 Å². The normalized spacial score (nSPS) is 21.5. The Labute approximate surface area is 167 Å². The monoisotopic (exact) mass is 389 g/mol. The van der Waals surface area contributed by atoms with Crippen molar-refractivity contribution in [3.8, 4) is 11.4 Å². The SMILES string of the molecule is COc1ccc(-n2c(C)cc(C(=O)N3C4CCNCC3CC4)c2C)cc1.Cl. The fourth-order valence-corrected chi connectivity index (χ4v) is 4.56. The van der Waals surface area contributed by atoms with Crippen LogP contribution in [0.4, 0.5) is 0 Å². The van der Waals surface area contributed by atoms with Crippen LogP contribution in [0.2, 0.25) is 0 Å². The van der Waals surface area contributed by atoms with Gasteiger partial charge in [0.25, 0.3) is 5.91 Å². The number of benzene rings is 1. The van der Waals surface area contributed by atoms with Gasteiger partial charge in [-0.15, -0.1) is 12.4 Å². The summed E-state index contributed by atoms with van der Waals surface area (Å²) in [4.78, 5) is 15.5. The van der Waals surface area contributed by atoms with E-state index in [1.807, 2.05) is 37.3 Å². The van der Waals surface area contributed by atoms with Crippen LogP contribution in [0.5, 0.6) is 5.75 Å². The van der Waals surface area contributed by atoms with Gasteiger partial charge in [0, 0.05) is 35.7 Å². The Morgan fingerprint density at radius 3 is 2.52 bits per heavy atom. The number of hydrogen-bond acceptors (Lipinski definition) is 3. The van der Waals surface area contributed by atoms with Crippen molar-refractivity contribution in [3.63, 3.8) is 0 Å². The Kier molecular flexibility index (Phi) is 5.82. The smallest absolute Gasteiger partial charge is 0.256 e. The first-order valence-corrected chi connectivity index (χ1v) is 9.47. The molecule has 0 saturated carbocycles. The molecule has 0 spiro atoms. The number of fused-ring (bicyclic) bond motifs is 2. The van der Waals surface area contributed by atoms with Crippen molar-refractivity contribution >= 4 is 18.3 Å². The van der Waals surface area contributed by atoms with Crippen LogP contribution in [0.25, 0.3) is 5.69 Å². The van der Waals surface area contributed by atoms with Crippen molar-refractivity contribution < 1.29 is 9.53 Å². The number of nitrogens with zero attached hydrogens (tertiary/aromatic N) is 2. The second kappa shape index (κ2) is 7.95. The minimum Gasteiger partial charge on any atom is -0.497 e. The quantitative estimate of drug-likeness (QED) is 0.874. The average molecular weight is 390 g/mol. The molecule has 2 aliphatic heterocycles. The minimum atomic E-state index is 0. The van der Waals surface area contributed by atoms with E-state index in [0.717, 1.165) is 60.7 Å². The predicted molar refractivity (Wildman–Crippen MR) is 110 cm³/mol. The molecule has 0 aliphatic carbocycles. The maximum atomic E-state index is 13.4. The van der Waals surface area contributed by atoms with E-state index in [-0.39, 0.29) is 18.3 Å². The van der Waals surface area contributed by atoms with Crippen LogP contribution in [0.15, 0.2) is 30.3 Å². The Balaban J connectivity index is 0.00000210. The van der Waals surface area contributed by atoms with Crippen LogP contribution >= 0.6 is 12.4 Å². The number of halogens is 1. The molecule has 1 aromatic heterocycles. The van der Waals surface area contributed by atoms with Gasteiger partial charge in [0.2, 0.25) is 0 Å². The summed E-state index contributed by atoms with van der Waals surface area (Å²) in [5, 5.41) is 3.47. The zero-order valence-corrected chi connectivity index (χ0v) is 17.0. The Morgan fingerprint density at radius 1 is 1.11 bits per heavy atom. The summed E-state index contributed by atoms with van der Waals surface area (Å²) in [6.07, 6.45) is 3.30. The Hall–Kier alpha value is -1.98. The van der Waals surface area contributed by atoms with Crippen molar-refractivity contribution in [2.75, 3.05) is 20.2 Å². The molecule has 2 aliphatic rings. The van der Waals surface area contributed by atoms with Crippen LogP contribution in [0.1, 0.15) is 41.0 Å². The summed E-state index contributed by atoms with van der Waals surface area (Å²) >= 11 is 0. The number of carbonyl (C=O) groups excluding carboxylic acids is 1. The number of aromatic nitrogens is 1. The van der Waals surface area contributed by atoms with E-state index in [4.69, 9.17) is 4.74 Å². The molecule has 2 atom stereocenters. The number of ether oxygens (including phenoxy) is 1. The van der Waals surface area contributed by atoms with Gasteiger partial charge in [-0.2, -0.15) is 0 Å². The molecule has 0 radical (unpaired) electrons. The van der Waals surface area contributed by atoms with Crippen molar-refractivity contribution in [1.29, 1.82) is 0 Å². The number of amides is 1. The third-order valence-corrected chi connectivity index (χ3v) is 5.88. The lowest BCUT2D eigenvalue weighted by Gasteiger charge is -2.28. The maximum absolute atomic E-state index is 13.4. The van der Waals surface area contributed by atoms with E-state index in [1.54, 1.807) is 7.11 Å². The van der Waals surface area contributed by atoms with Crippen LogP contribution in [-0.2, 0) is 0 Å². The molecule has 6 heteroatoms. The first-order valence-electron chi connectivity index (χ1n) is 9.47. The summed E-state index contributed by atoms with van der Waals surface area (Å²) in [5.74, 6) is 1.02. The second-order valence-electron chi connectivity index (χ2n) is 7.41. The molecule has 5 nitrogen and oxygen atoms in total. The highest BCUT2D eigenvalue weighted by molar-refractivity contribution is 5.96. The number of carbonyl (C=O) groups is 1. The maximum Gasteiger partial charge on any atom is 0.256 e. The summed E-state index contributed by atoms with van der Waals surface area (Å²) < 4.78 is 7.41. The van der Waals surface area contributed by atoms with Gasteiger partial charge in [-0.25, -0.2) is 0 Å². The summed E-state index contributed by atoms with van der Waals surface area (Å²) in [5.41, 5.74) is 3.98. The molecule has 1 aromatic carbocycles. The molecule has 2 saturated heterocycles. The Morgan fingerprint density at radius 2 is 1.81 bits per heavy atom. The van der Waals surface area contributed by atoms with Gasteiger partial charge in [-0.1, -0.05) is 0 Å². The van der Waals surface area contributed by atoms with Gasteiger partial charge in [0.15, 0.2) is 0 Å².